The Kier molecular flexibility index (Phi) is 5.41. The van der Waals surface area contributed by atoms with Crippen LogP contribution in [0.4, 0.5) is 0 Å². The molecule has 1 saturated carbocycles. The minimum atomic E-state index is -0.0572. The largest absolute Gasteiger partial charge is 0.467 e. The lowest BCUT2D eigenvalue weighted by Gasteiger charge is -2.16. The molecule has 8 heteroatoms. The fraction of sp³-hybridized carbons (Fsp3) is 0.261. The molecule has 0 atom stereocenters. The van der Waals surface area contributed by atoms with Gasteiger partial charge in [-0.1, -0.05) is 30.0 Å². The van der Waals surface area contributed by atoms with Crippen molar-refractivity contribution in [2.45, 2.75) is 30.5 Å². The third kappa shape index (κ3) is 4.05. The number of hydrogen-bond acceptors (Lipinski definition) is 6. The molecule has 0 radical (unpaired) electrons. The number of amides is 1. The first kappa shape index (κ1) is 20.1. The molecular weight excluding hydrogens is 430 g/mol. The van der Waals surface area contributed by atoms with Gasteiger partial charge in [-0.25, -0.2) is 4.98 Å². The van der Waals surface area contributed by atoms with Gasteiger partial charge in [-0.3, -0.25) is 14.2 Å². The summed E-state index contributed by atoms with van der Waals surface area (Å²) >= 11 is 2.80. The molecule has 1 aliphatic rings. The van der Waals surface area contributed by atoms with Gasteiger partial charge >= 0.3 is 0 Å². The van der Waals surface area contributed by atoms with Crippen molar-refractivity contribution in [3.05, 3.63) is 75.8 Å². The Balaban J connectivity index is 1.47. The molecule has 1 aromatic carbocycles. The Morgan fingerprint density at radius 1 is 1.26 bits per heavy atom. The molecule has 6 nitrogen and oxygen atoms in total. The third-order valence-corrected chi connectivity index (χ3v) is 7.17. The van der Waals surface area contributed by atoms with Crippen molar-refractivity contribution in [1.29, 1.82) is 0 Å². The van der Waals surface area contributed by atoms with Crippen molar-refractivity contribution in [1.82, 2.24) is 14.5 Å². The van der Waals surface area contributed by atoms with Crippen LogP contribution in [0.25, 0.3) is 15.9 Å². The number of thiophene rings is 1. The van der Waals surface area contributed by atoms with Gasteiger partial charge in [0.05, 0.1) is 29.6 Å². The van der Waals surface area contributed by atoms with Crippen molar-refractivity contribution in [3.8, 4) is 5.69 Å². The summed E-state index contributed by atoms with van der Waals surface area (Å²) in [6.45, 7) is 0.403. The van der Waals surface area contributed by atoms with E-state index < -0.39 is 0 Å². The van der Waals surface area contributed by atoms with Gasteiger partial charge in [0.1, 0.15) is 10.6 Å². The Morgan fingerprint density at radius 3 is 2.77 bits per heavy atom. The summed E-state index contributed by atoms with van der Waals surface area (Å²) in [7, 11) is 1.74. The second-order valence-corrected chi connectivity index (χ2v) is 9.43. The highest BCUT2D eigenvalue weighted by Gasteiger charge is 2.29. The summed E-state index contributed by atoms with van der Waals surface area (Å²) in [5.41, 5.74) is 1.82. The van der Waals surface area contributed by atoms with E-state index in [2.05, 4.69) is 5.38 Å². The first-order valence-electron chi connectivity index (χ1n) is 10.1. The van der Waals surface area contributed by atoms with E-state index in [1.54, 1.807) is 28.8 Å². The molecular formula is C23H21N3O3S2. The number of carbonyl (C=O) groups excluding carboxylic acids is 1. The molecule has 0 aliphatic heterocycles. The van der Waals surface area contributed by atoms with E-state index in [0.717, 1.165) is 40.1 Å². The number of furan rings is 1. The predicted molar refractivity (Wildman–Crippen MR) is 123 cm³/mol. The minimum Gasteiger partial charge on any atom is -0.467 e. The average Bonchev–Trinajstić information content (AvgIpc) is 3.32. The maximum atomic E-state index is 13.6. The average molecular weight is 452 g/mol. The lowest BCUT2D eigenvalue weighted by atomic mass is 10.1. The number of nitrogens with zero attached hydrogens (tertiary/aromatic N) is 3. The van der Waals surface area contributed by atoms with Crippen LogP contribution in [0, 0.1) is 0 Å². The van der Waals surface area contributed by atoms with Gasteiger partial charge in [0, 0.05) is 7.05 Å². The molecule has 31 heavy (non-hydrogen) atoms. The molecule has 4 aromatic rings. The maximum absolute atomic E-state index is 13.6. The molecule has 1 aliphatic carbocycles. The second kappa shape index (κ2) is 8.36. The van der Waals surface area contributed by atoms with Crippen LogP contribution in [-0.4, -0.2) is 33.2 Å². The fourth-order valence-electron chi connectivity index (χ4n) is 3.55. The molecule has 3 heterocycles. The molecule has 0 bridgehead atoms. The van der Waals surface area contributed by atoms with E-state index in [9.17, 15) is 9.59 Å². The lowest BCUT2D eigenvalue weighted by Crippen LogP contribution is -2.28. The van der Waals surface area contributed by atoms with Gasteiger partial charge < -0.3 is 9.32 Å². The molecule has 0 N–H and O–H groups in total. The number of aromatic nitrogens is 2. The summed E-state index contributed by atoms with van der Waals surface area (Å²) in [5, 5.41) is 3.33. The van der Waals surface area contributed by atoms with Gasteiger partial charge in [-0.2, -0.15) is 0 Å². The Hall–Kier alpha value is -2.84. The normalized spacial score (nSPS) is 13.6. The van der Waals surface area contributed by atoms with E-state index in [1.807, 2.05) is 36.4 Å². The molecule has 3 aromatic heterocycles. The first-order valence-corrected chi connectivity index (χ1v) is 12.0. The molecule has 0 saturated heterocycles. The standard InChI is InChI=1S/C23H21N3O3S2/c1-25(12-17-8-5-11-29-17)19(27)14-31-23-24-21-20(18(13-30-21)15-9-10-15)22(28)26(23)16-6-3-2-4-7-16/h2-8,11,13,15H,9-10,12,14H2,1H3. The maximum Gasteiger partial charge on any atom is 0.267 e. The second-order valence-electron chi connectivity index (χ2n) is 7.63. The van der Waals surface area contributed by atoms with Gasteiger partial charge in [-0.05, 0) is 54.0 Å². The summed E-state index contributed by atoms with van der Waals surface area (Å²) in [6, 6.07) is 13.2. The lowest BCUT2D eigenvalue weighted by molar-refractivity contribution is -0.127. The molecule has 5 rings (SSSR count). The van der Waals surface area contributed by atoms with E-state index in [0.29, 0.717) is 17.6 Å². The van der Waals surface area contributed by atoms with Crippen molar-refractivity contribution in [2.75, 3.05) is 12.8 Å². The zero-order chi connectivity index (χ0) is 21.4. The molecule has 1 fully saturated rings. The Bertz CT molecular complexity index is 1270. The molecule has 158 valence electrons. The summed E-state index contributed by atoms with van der Waals surface area (Å²) in [5.74, 6) is 1.33. The van der Waals surface area contributed by atoms with E-state index in [4.69, 9.17) is 9.40 Å². The first-order chi connectivity index (χ1) is 15.1. The van der Waals surface area contributed by atoms with Crippen molar-refractivity contribution < 1.29 is 9.21 Å². The molecule has 0 unspecified atom stereocenters. The zero-order valence-electron chi connectivity index (χ0n) is 17.0. The van der Waals surface area contributed by atoms with E-state index in [1.165, 1.54) is 23.1 Å². The highest BCUT2D eigenvalue weighted by molar-refractivity contribution is 7.99. The monoisotopic (exact) mass is 451 g/mol. The number of thioether (sulfide) groups is 1. The molecule has 1 amide bonds. The number of hydrogen-bond donors (Lipinski definition) is 0. The van der Waals surface area contributed by atoms with Crippen LogP contribution in [-0.2, 0) is 11.3 Å². The highest BCUT2D eigenvalue weighted by Crippen LogP contribution is 2.44. The van der Waals surface area contributed by atoms with Crippen LogP contribution < -0.4 is 5.56 Å². The predicted octanol–water partition coefficient (Wildman–Crippen LogP) is 4.67. The van der Waals surface area contributed by atoms with Gasteiger partial charge in [0.25, 0.3) is 5.56 Å². The van der Waals surface area contributed by atoms with Crippen molar-refractivity contribution in [3.63, 3.8) is 0 Å². The summed E-state index contributed by atoms with van der Waals surface area (Å²) in [4.78, 5) is 33.4. The Labute approximate surface area is 187 Å². The van der Waals surface area contributed by atoms with Crippen LogP contribution >= 0.6 is 23.1 Å². The SMILES string of the molecule is CN(Cc1ccco1)C(=O)CSc1nc2scc(C3CC3)c2c(=O)n1-c1ccccc1. The quantitative estimate of drug-likeness (QED) is 0.302. The molecule has 0 spiro atoms. The smallest absolute Gasteiger partial charge is 0.267 e. The fourth-order valence-corrected chi connectivity index (χ4v) is 5.57. The third-order valence-electron chi connectivity index (χ3n) is 5.36. The van der Waals surface area contributed by atoms with Crippen molar-refractivity contribution >= 4 is 39.2 Å². The number of benzene rings is 1. The van der Waals surface area contributed by atoms with E-state index >= 15 is 0 Å². The van der Waals surface area contributed by atoms with Gasteiger partial charge in [0.2, 0.25) is 5.91 Å². The highest BCUT2D eigenvalue weighted by atomic mass is 32.2. The van der Waals surface area contributed by atoms with Crippen molar-refractivity contribution in [2.24, 2.45) is 0 Å². The summed E-state index contributed by atoms with van der Waals surface area (Å²) < 4.78 is 6.97. The van der Waals surface area contributed by atoms with E-state index in [-0.39, 0.29) is 17.2 Å². The zero-order valence-corrected chi connectivity index (χ0v) is 18.6. The number of rotatable bonds is 7. The number of carbonyl (C=O) groups is 1. The van der Waals surface area contributed by atoms with Gasteiger partial charge in [0.15, 0.2) is 5.16 Å². The number of fused-ring (bicyclic) bond motifs is 1. The number of para-hydroxylation sites is 1. The van der Waals surface area contributed by atoms with Crippen LogP contribution in [0.3, 0.4) is 0 Å². The van der Waals surface area contributed by atoms with Gasteiger partial charge in [-0.15, -0.1) is 11.3 Å². The minimum absolute atomic E-state index is 0.0554. The van der Waals surface area contributed by atoms with Crippen LogP contribution in [0.5, 0.6) is 0 Å². The summed E-state index contributed by atoms with van der Waals surface area (Å²) in [6.07, 6.45) is 3.85. The van der Waals surface area contributed by atoms with Crippen LogP contribution in [0.1, 0.15) is 30.1 Å². The Morgan fingerprint density at radius 2 is 2.06 bits per heavy atom. The van der Waals surface area contributed by atoms with Crippen LogP contribution in [0.15, 0.2) is 68.5 Å². The topological polar surface area (TPSA) is 68.3 Å². The van der Waals surface area contributed by atoms with Crippen LogP contribution in [0.2, 0.25) is 0 Å².